The SMILES string of the molecule is COC(=O)N1CCc2c(sc(NC(=O)c3cc4ccccc4cc3OC)c2C#N)C1. The lowest BCUT2D eigenvalue weighted by atomic mass is 10.0. The fourth-order valence-electron chi connectivity index (χ4n) is 3.63. The summed E-state index contributed by atoms with van der Waals surface area (Å²) in [6.07, 6.45) is 0.137. The van der Waals surface area contributed by atoms with Crippen LogP contribution in [0.25, 0.3) is 10.8 Å². The minimum absolute atomic E-state index is 0.350. The van der Waals surface area contributed by atoms with E-state index in [0.29, 0.717) is 41.4 Å². The molecular formula is C22H19N3O4S. The molecule has 152 valence electrons. The Morgan fingerprint density at radius 3 is 2.60 bits per heavy atom. The summed E-state index contributed by atoms with van der Waals surface area (Å²) in [4.78, 5) is 27.4. The number of fused-ring (bicyclic) bond motifs is 2. The molecule has 1 aliphatic heterocycles. The number of amides is 2. The van der Waals surface area contributed by atoms with Gasteiger partial charge < -0.3 is 19.7 Å². The Balaban J connectivity index is 1.66. The molecule has 1 aromatic heterocycles. The summed E-state index contributed by atoms with van der Waals surface area (Å²) in [6.45, 7) is 0.827. The summed E-state index contributed by atoms with van der Waals surface area (Å²) in [6, 6.07) is 13.5. The number of hydrogen-bond donors (Lipinski definition) is 1. The molecule has 0 fully saturated rings. The second-order valence-electron chi connectivity index (χ2n) is 6.82. The lowest BCUT2D eigenvalue weighted by molar-refractivity contribution is 0.102. The number of carbonyl (C=O) groups is 2. The van der Waals surface area contributed by atoms with Crippen LogP contribution in [0.3, 0.4) is 0 Å². The van der Waals surface area contributed by atoms with Gasteiger partial charge in [0.1, 0.15) is 16.8 Å². The van der Waals surface area contributed by atoms with Gasteiger partial charge in [-0.15, -0.1) is 11.3 Å². The van der Waals surface area contributed by atoms with Crippen LogP contribution in [-0.2, 0) is 17.7 Å². The highest BCUT2D eigenvalue weighted by Gasteiger charge is 2.28. The van der Waals surface area contributed by atoms with E-state index in [-0.39, 0.29) is 5.91 Å². The molecule has 1 aliphatic rings. The fraction of sp³-hybridized carbons (Fsp3) is 0.227. The van der Waals surface area contributed by atoms with E-state index < -0.39 is 6.09 Å². The second-order valence-corrected chi connectivity index (χ2v) is 7.92. The van der Waals surface area contributed by atoms with Crippen LogP contribution in [0.4, 0.5) is 9.80 Å². The van der Waals surface area contributed by atoms with Crippen LogP contribution in [0.1, 0.15) is 26.4 Å². The zero-order valence-electron chi connectivity index (χ0n) is 16.5. The number of nitrogens with zero attached hydrogens (tertiary/aromatic N) is 2. The molecule has 0 saturated carbocycles. The van der Waals surface area contributed by atoms with E-state index in [1.54, 1.807) is 11.0 Å². The Labute approximate surface area is 177 Å². The predicted octanol–water partition coefficient (Wildman–Crippen LogP) is 4.16. The Morgan fingerprint density at radius 2 is 1.93 bits per heavy atom. The first-order valence-corrected chi connectivity index (χ1v) is 10.1. The molecule has 2 aromatic carbocycles. The minimum atomic E-state index is -0.404. The summed E-state index contributed by atoms with van der Waals surface area (Å²) in [5.74, 6) is 0.111. The largest absolute Gasteiger partial charge is 0.496 e. The topological polar surface area (TPSA) is 91.7 Å². The van der Waals surface area contributed by atoms with Crippen molar-refractivity contribution in [2.75, 3.05) is 26.1 Å². The lowest BCUT2D eigenvalue weighted by Gasteiger charge is -2.25. The zero-order valence-corrected chi connectivity index (χ0v) is 17.3. The van der Waals surface area contributed by atoms with Gasteiger partial charge in [-0.1, -0.05) is 24.3 Å². The van der Waals surface area contributed by atoms with Gasteiger partial charge >= 0.3 is 6.09 Å². The molecular weight excluding hydrogens is 402 g/mol. The molecule has 30 heavy (non-hydrogen) atoms. The van der Waals surface area contributed by atoms with Gasteiger partial charge in [0.15, 0.2) is 0 Å². The van der Waals surface area contributed by atoms with Crippen LogP contribution in [0.15, 0.2) is 36.4 Å². The Morgan fingerprint density at radius 1 is 1.20 bits per heavy atom. The highest BCUT2D eigenvalue weighted by molar-refractivity contribution is 7.16. The maximum Gasteiger partial charge on any atom is 0.409 e. The summed E-state index contributed by atoms with van der Waals surface area (Å²) in [5, 5.41) is 14.9. The third-order valence-electron chi connectivity index (χ3n) is 5.14. The third kappa shape index (κ3) is 3.44. The van der Waals surface area contributed by atoms with Crippen molar-refractivity contribution in [3.05, 3.63) is 58.0 Å². The number of nitriles is 1. The number of thiophene rings is 1. The first-order valence-electron chi connectivity index (χ1n) is 9.31. The summed E-state index contributed by atoms with van der Waals surface area (Å²) in [5.41, 5.74) is 1.72. The number of ether oxygens (including phenoxy) is 2. The van der Waals surface area contributed by atoms with Crippen molar-refractivity contribution in [1.29, 1.82) is 5.26 Å². The Hall–Kier alpha value is -3.57. The van der Waals surface area contributed by atoms with E-state index in [0.717, 1.165) is 21.2 Å². The molecule has 2 heterocycles. The van der Waals surface area contributed by atoms with E-state index in [1.807, 2.05) is 30.3 Å². The van der Waals surface area contributed by atoms with Crippen molar-refractivity contribution < 1.29 is 19.1 Å². The fourth-order valence-corrected chi connectivity index (χ4v) is 4.84. The van der Waals surface area contributed by atoms with E-state index in [2.05, 4.69) is 11.4 Å². The van der Waals surface area contributed by atoms with Gasteiger partial charge in [-0.3, -0.25) is 4.79 Å². The maximum absolute atomic E-state index is 13.1. The number of hydrogen-bond acceptors (Lipinski definition) is 6. The van der Waals surface area contributed by atoms with Crippen LogP contribution >= 0.6 is 11.3 Å². The molecule has 8 heteroatoms. The van der Waals surface area contributed by atoms with E-state index >= 15 is 0 Å². The minimum Gasteiger partial charge on any atom is -0.496 e. The van der Waals surface area contributed by atoms with Crippen molar-refractivity contribution in [2.45, 2.75) is 13.0 Å². The number of methoxy groups -OCH3 is 2. The average Bonchev–Trinajstić information content (AvgIpc) is 3.13. The van der Waals surface area contributed by atoms with E-state index in [9.17, 15) is 14.9 Å². The number of nitrogens with one attached hydrogen (secondary N) is 1. The van der Waals surface area contributed by atoms with Crippen molar-refractivity contribution in [1.82, 2.24) is 4.90 Å². The molecule has 0 atom stereocenters. The van der Waals surface area contributed by atoms with Gasteiger partial charge in [-0.05, 0) is 34.9 Å². The van der Waals surface area contributed by atoms with Crippen LogP contribution in [0.2, 0.25) is 0 Å². The summed E-state index contributed by atoms with van der Waals surface area (Å²) >= 11 is 1.31. The molecule has 7 nitrogen and oxygen atoms in total. The van der Waals surface area contributed by atoms with Gasteiger partial charge in [-0.25, -0.2) is 4.79 Å². The van der Waals surface area contributed by atoms with Crippen LogP contribution in [0.5, 0.6) is 5.75 Å². The number of carbonyl (C=O) groups excluding carboxylic acids is 2. The molecule has 4 rings (SSSR count). The highest BCUT2D eigenvalue weighted by atomic mass is 32.1. The average molecular weight is 421 g/mol. The van der Waals surface area contributed by atoms with Crippen molar-refractivity contribution >= 4 is 39.1 Å². The van der Waals surface area contributed by atoms with Crippen LogP contribution < -0.4 is 10.1 Å². The molecule has 2 amide bonds. The number of rotatable bonds is 3. The van der Waals surface area contributed by atoms with Crippen LogP contribution in [-0.4, -0.2) is 37.7 Å². The van der Waals surface area contributed by atoms with E-state index in [4.69, 9.17) is 9.47 Å². The summed E-state index contributed by atoms with van der Waals surface area (Å²) < 4.78 is 10.2. The standard InChI is InChI=1S/C22H19N3O4S/c1-28-18-10-14-6-4-3-5-13(14)9-16(18)20(26)24-21-17(11-23)15-7-8-25(22(27)29-2)12-19(15)30-21/h3-6,9-10H,7-8,12H2,1-2H3,(H,24,26). The molecule has 3 aromatic rings. The second kappa shape index (κ2) is 8.05. The van der Waals surface area contributed by atoms with E-state index in [1.165, 1.54) is 25.6 Å². The third-order valence-corrected chi connectivity index (χ3v) is 6.27. The molecule has 0 aliphatic carbocycles. The molecule has 0 bridgehead atoms. The van der Waals surface area contributed by atoms with Gasteiger partial charge in [-0.2, -0.15) is 5.26 Å². The summed E-state index contributed by atoms with van der Waals surface area (Å²) in [7, 11) is 2.86. The Kier molecular flexibility index (Phi) is 5.29. The number of anilines is 1. The first-order chi connectivity index (χ1) is 14.5. The molecule has 1 N–H and O–H groups in total. The normalized spacial score (nSPS) is 12.8. The molecule has 0 saturated heterocycles. The lowest BCUT2D eigenvalue weighted by Crippen LogP contribution is -2.35. The zero-order chi connectivity index (χ0) is 21.3. The monoisotopic (exact) mass is 421 g/mol. The Bertz CT molecular complexity index is 1200. The predicted molar refractivity (Wildman–Crippen MR) is 114 cm³/mol. The van der Waals surface area contributed by atoms with Crippen LogP contribution in [0, 0.1) is 11.3 Å². The van der Waals surface area contributed by atoms with Crippen molar-refractivity contribution in [3.8, 4) is 11.8 Å². The highest BCUT2D eigenvalue weighted by Crippen LogP contribution is 2.37. The van der Waals surface area contributed by atoms with Gasteiger partial charge in [0.25, 0.3) is 5.91 Å². The quantitative estimate of drug-likeness (QED) is 0.686. The molecule has 0 unspecified atom stereocenters. The molecule has 0 radical (unpaired) electrons. The smallest absolute Gasteiger partial charge is 0.409 e. The van der Waals surface area contributed by atoms with Gasteiger partial charge in [0.05, 0.1) is 31.9 Å². The first kappa shape index (κ1) is 19.7. The van der Waals surface area contributed by atoms with Gasteiger partial charge in [0.2, 0.25) is 0 Å². The van der Waals surface area contributed by atoms with Gasteiger partial charge in [0, 0.05) is 11.4 Å². The molecule has 0 spiro atoms. The maximum atomic E-state index is 13.1. The number of benzene rings is 2. The van der Waals surface area contributed by atoms with Crippen molar-refractivity contribution in [2.24, 2.45) is 0 Å². The van der Waals surface area contributed by atoms with Crippen molar-refractivity contribution in [3.63, 3.8) is 0 Å².